The fourth-order valence-corrected chi connectivity index (χ4v) is 3.46. The minimum Gasteiger partial charge on any atom is -0.395 e. The van der Waals surface area contributed by atoms with E-state index in [1.54, 1.807) is 30.7 Å². The van der Waals surface area contributed by atoms with E-state index in [1.165, 1.54) is 0 Å². The number of imidazole rings is 1. The molecule has 1 atom stereocenters. The van der Waals surface area contributed by atoms with Gasteiger partial charge in [-0.1, -0.05) is 17.7 Å². The number of aliphatic hydroxyl groups excluding tert-OH is 1. The Morgan fingerprint density at radius 2 is 2.39 bits per heavy atom. The maximum absolute atomic E-state index is 12.9. The maximum atomic E-state index is 12.9. The van der Waals surface area contributed by atoms with E-state index >= 15 is 0 Å². The number of benzene rings is 1. The van der Waals surface area contributed by atoms with Gasteiger partial charge in [-0.2, -0.15) is 5.26 Å². The number of halogens is 1. The average molecular weight is 331 g/mol. The lowest BCUT2D eigenvalue weighted by Gasteiger charge is -2.31. The molecule has 3 rings (SSSR count). The van der Waals surface area contributed by atoms with Crippen LogP contribution in [0.1, 0.15) is 23.2 Å². The predicted octanol–water partition coefficient (Wildman–Crippen LogP) is 1.21. The summed E-state index contributed by atoms with van der Waals surface area (Å²) in [6, 6.07) is 6.97. The van der Waals surface area contributed by atoms with Gasteiger partial charge in [0.05, 0.1) is 24.6 Å². The first-order chi connectivity index (χ1) is 11.1. The number of nitrogens with one attached hydrogen (secondary N) is 1. The van der Waals surface area contributed by atoms with Gasteiger partial charge in [0.25, 0.3) is 5.91 Å². The Hall–Kier alpha value is -2.36. The van der Waals surface area contributed by atoms with Gasteiger partial charge >= 0.3 is 0 Å². The van der Waals surface area contributed by atoms with Crippen molar-refractivity contribution in [1.29, 1.82) is 5.26 Å². The lowest BCUT2D eigenvalue weighted by atomic mass is 9.86. The molecule has 2 heterocycles. The van der Waals surface area contributed by atoms with Gasteiger partial charge in [0.1, 0.15) is 0 Å². The maximum Gasteiger partial charge on any atom is 0.251 e. The molecule has 0 fully saturated rings. The molecule has 1 aromatic carbocycles. The highest BCUT2D eigenvalue weighted by Gasteiger charge is 2.47. The Kier molecular flexibility index (Phi) is 4.07. The molecule has 0 spiro atoms. The van der Waals surface area contributed by atoms with Crippen molar-refractivity contribution in [2.45, 2.75) is 18.4 Å². The number of aliphatic hydroxyl groups is 1. The molecular formula is C16H15ClN4O2. The number of aryl methyl sites for hydroxylation is 1. The predicted molar refractivity (Wildman–Crippen MR) is 83.9 cm³/mol. The van der Waals surface area contributed by atoms with E-state index in [0.717, 1.165) is 5.69 Å². The number of nitriles is 1. The lowest BCUT2D eigenvalue weighted by molar-refractivity contribution is -0.127. The minimum absolute atomic E-state index is 0.139. The molecule has 118 valence electrons. The van der Waals surface area contributed by atoms with Crippen molar-refractivity contribution >= 4 is 17.5 Å². The normalized spacial score (nSPS) is 19.2. The topological polar surface area (TPSA) is 90.9 Å². The number of hydrogen-bond acceptors (Lipinski definition) is 4. The van der Waals surface area contributed by atoms with Crippen LogP contribution < -0.4 is 5.32 Å². The van der Waals surface area contributed by atoms with Crippen molar-refractivity contribution in [3.05, 3.63) is 52.6 Å². The highest BCUT2D eigenvalue weighted by atomic mass is 35.5. The molecule has 2 aromatic rings. The summed E-state index contributed by atoms with van der Waals surface area (Å²) in [4.78, 5) is 17.0. The van der Waals surface area contributed by atoms with Crippen molar-refractivity contribution in [3.63, 3.8) is 0 Å². The first-order valence-corrected chi connectivity index (χ1v) is 7.62. The van der Waals surface area contributed by atoms with Crippen LogP contribution >= 0.6 is 11.6 Å². The molecule has 0 aliphatic carbocycles. The van der Waals surface area contributed by atoms with E-state index in [0.29, 0.717) is 29.0 Å². The SMILES string of the molecule is N#Cc1ccc(C2(C(=O)NCCO)CCc3cncn32)c(Cl)c1. The Morgan fingerprint density at radius 1 is 1.57 bits per heavy atom. The molecule has 1 amide bonds. The van der Waals surface area contributed by atoms with Crippen LogP contribution in [0.2, 0.25) is 5.02 Å². The summed E-state index contributed by atoms with van der Waals surface area (Å²) >= 11 is 6.38. The van der Waals surface area contributed by atoms with Gasteiger partial charge in [0, 0.05) is 29.0 Å². The van der Waals surface area contributed by atoms with Crippen LogP contribution in [-0.4, -0.2) is 33.7 Å². The Bertz CT molecular complexity index is 796. The molecule has 23 heavy (non-hydrogen) atoms. The fraction of sp³-hybridized carbons (Fsp3) is 0.312. The quantitative estimate of drug-likeness (QED) is 0.881. The summed E-state index contributed by atoms with van der Waals surface area (Å²) in [5, 5.41) is 21.1. The third-order valence-corrected chi connectivity index (χ3v) is 4.50. The number of aromatic nitrogens is 2. The molecule has 0 saturated heterocycles. The fourth-order valence-electron chi connectivity index (χ4n) is 3.13. The second kappa shape index (κ2) is 6.03. The van der Waals surface area contributed by atoms with Crippen LogP contribution in [0.4, 0.5) is 0 Å². The van der Waals surface area contributed by atoms with Crippen molar-refractivity contribution in [1.82, 2.24) is 14.9 Å². The molecule has 1 aromatic heterocycles. The largest absolute Gasteiger partial charge is 0.395 e. The number of carbonyl (C=O) groups is 1. The Morgan fingerprint density at radius 3 is 3.09 bits per heavy atom. The summed E-state index contributed by atoms with van der Waals surface area (Å²) in [7, 11) is 0. The van der Waals surface area contributed by atoms with Crippen LogP contribution in [-0.2, 0) is 16.8 Å². The second-order valence-electron chi connectivity index (χ2n) is 5.40. The van der Waals surface area contributed by atoms with Crippen molar-refractivity contribution in [2.24, 2.45) is 0 Å². The number of amides is 1. The molecule has 0 radical (unpaired) electrons. The molecular weight excluding hydrogens is 316 g/mol. The van der Waals surface area contributed by atoms with E-state index in [1.807, 2.05) is 10.6 Å². The third-order valence-electron chi connectivity index (χ3n) is 4.19. The number of fused-ring (bicyclic) bond motifs is 1. The zero-order valence-electron chi connectivity index (χ0n) is 12.3. The third kappa shape index (κ3) is 2.38. The molecule has 6 nitrogen and oxygen atoms in total. The minimum atomic E-state index is -1.01. The van der Waals surface area contributed by atoms with Crippen LogP contribution in [0.25, 0.3) is 0 Å². The Balaban J connectivity index is 2.15. The summed E-state index contributed by atoms with van der Waals surface area (Å²) < 4.78 is 1.83. The second-order valence-corrected chi connectivity index (χ2v) is 5.81. The molecule has 0 saturated carbocycles. The van der Waals surface area contributed by atoms with Crippen molar-refractivity contribution in [2.75, 3.05) is 13.2 Å². The van der Waals surface area contributed by atoms with E-state index in [-0.39, 0.29) is 19.1 Å². The summed E-state index contributed by atoms with van der Waals surface area (Å²) in [6.45, 7) is 0.0260. The number of carbonyl (C=O) groups excluding carboxylic acids is 1. The van der Waals surface area contributed by atoms with Crippen LogP contribution in [0.5, 0.6) is 0 Å². The molecule has 7 heteroatoms. The van der Waals surface area contributed by atoms with Crippen molar-refractivity contribution < 1.29 is 9.90 Å². The van der Waals surface area contributed by atoms with Gasteiger partial charge in [0.2, 0.25) is 0 Å². The zero-order valence-corrected chi connectivity index (χ0v) is 13.0. The summed E-state index contributed by atoms with van der Waals surface area (Å²) in [6.07, 6.45) is 4.60. The smallest absolute Gasteiger partial charge is 0.251 e. The number of rotatable bonds is 4. The number of nitrogens with zero attached hydrogens (tertiary/aromatic N) is 3. The first-order valence-electron chi connectivity index (χ1n) is 7.24. The molecule has 1 aliphatic rings. The van der Waals surface area contributed by atoms with E-state index in [9.17, 15) is 4.79 Å². The molecule has 1 aliphatic heterocycles. The van der Waals surface area contributed by atoms with Crippen LogP contribution in [0.3, 0.4) is 0 Å². The van der Waals surface area contributed by atoms with E-state index < -0.39 is 5.54 Å². The van der Waals surface area contributed by atoms with Gasteiger partial charge in [-0.25, -0.2) is 4.98 Å². The van der Waals surface area contributed by atoms with Gasteiger partial charge in [-0.15, -0.1) is 0 Å². The van der Waals surface area contributed by atoms with Gasteiger partial charge in [-0.05, 0) is 25.0 Å². The Labute approximate surface area is 138 Å². The average Bonchev–Trinajstić information content (AvgIpc) is 3.15. The number of hydrogen-bond donors (Lipinski definition) is 2. The van der Waals surface area contributed by atoms with Crippen molar-refractivity contribution in [3.8, 4) is 6.07 Å². The molecule has 1 unspecified atom stereocenters. The van der Waals surface area contributed by atoms with E-state index in [4.69, 9.17) is 22.0 Å². The standard InChI is InChI=1S/C16H15ClN4O2/c17-14-7-11(8-18)1-2-13(14)16(15(23)20-5-6-22)4-3-12-9-19-10-21(12)16/h1-2,7,9-10,22H,3-6H2,(H,20,23). The highest BCUT2D eigenvalue weighted by Crippen LogP contribution is 2.41. The van der Waals surface area contributed by atoms with Gasteiger partial charge in [0.15, 0.2) is 5.54 Å². The van der Waals surface area contributed by atoms with Gasteiger partial charge < -0.3 is 15.0 Å². The highest BCUT2D eigenvalue weighted by molar-refractivity contribution is 6.32. The molecule has 2 N–H and O–H groups in total. The molecule has 0 bridgehead atoms. The van der Waals surface area contributed by atoms with Crippen LogP contribution in [0.15, 0.2) is 30.7 Å². The zero-order chi connectivity index (χ0) is 16.4. The van der Waals surface area contributed by atoms with Gasteiger partial charge in [-0.3, -0.25) is 4.79 Å². The monoisotopic (exact) mass is 330 g/mol. The van der Waals surface area contributed by atoms with Crippen LogP contribution in [0, 0.1) is 11.3 Å². The van der Waals surface area contributed by atoms with E-state index in [2.05, 4.69) is 10.3 Å². The first kappa shape index (κ1) is 15.5. The summed E-state index contributed by atoms with van der Waals surface area (Å²) in [5.74, 6) is -0.241. The summed E-state index contributed by atoms with van der Waals surface area (Å²) in [5.41, 5.74) is 1.01. The lowest BCUT2D eigenvalue weighted by Crippen LogP contribution is -2.48.